The summed E-state index contributed by atoms with van der Waals surface area (Å²) in [6.45, 7) is 4.23. The molecule has 1 aromatic rings. The first-order valence-corrected chi connectivity index (χ1v) is 9.18. The van der Waals surface area contributed by atoms with Crippen LogP contribution in [0.25, 0.3) is 0 Å². The van der Waals surface area contributed by atoms with Crippen molar-refractivity contribution in [2.75, 3.05) is 19.6 Å². The number of hydrogen-bond acceptors (Lipinski definition) is 3. The van der Waals surface area contributed by atoms with E-state index in [-0.39, 0.29) is 23.7 Å². The third kappa shape index (κ3) is 3.69. The predicted octanol–water partition coefficient (Wildman–Crippen LogP) is 2.62. The summed E-state index contributed by atoms with van der Waals surface area (Å²) in [5.41, 5.74) is 1.28. The fourth-order valence-electron chi connectivity index (χ4n) is 3.05. The standard InChI is InChI=1S/C17H24N2O2S/c1-12(15-6-8-22-11-15)9-18-16(20)14-3-2-7-19(10-14)17(21)13-4-5-13/h6,8,11-14H,2-5,7,9-10H2,1H3,(H,18,20). The molecule has 1 saturated heterocycles. The van der Waals surface area contributed by atoms with Crippen LogP contribution in [0.3, 0.4) is 0 Å². The summed E-state index contributed by atoms with van der Waals surface area (Å²) < 4.78 is 0. The Morgan fingerprint density at radius 1 is 1.36 bits per heavy atom. The van der Waals surface area contributed by atoms with Crippen molar-refractivity contribution in [2.24, 2.45) is 11.8 Å². The summed E-state index contributed by atoms with van der Waals surface area (Å²) in [4.78, 5) is 26.4. The van der Waals surface area contributed by atoms with Crippen LogP contribution in [-0.4, -0.2) is 36.3 Å². The molecule has 1 aliphatic heterocycles. The van der Waals surface area contributed by atoms with E-state index in [1.165, 1.54) is 5.56 Å². The maximum absolute atomic E-state index is 12.4. The van der Waals surface area contributed by atoms with E-state index in [2.05, 4.69) is 29.1 Å². The van der Waals surface area contributed by atoms with Crippen molar-refractivity contribution in [3.05, 3.63) is 22.4 Å². The van der Waals surface area contributed by atoms with E-state index in [4.69, 9.17) is 0 Å². The summed E-state index contributed by atoms with van der Waals surface area (Å²) in [5.74, 6) is 0.925. The van der Waals surface area contributed by atoms with Crippen LogP contribution in [0.1, 0.15) is 44.1 Å². The molecule has 120 valence electrons. The van der Waals surface area contributed by atoms with Gasteiger partial charge in [-0.1, -0.05) is 6.92 Å². The fourth-order valence-corrected chi connectivity index (χ4v) is 3.83. The Kier molecular flexibility index (Phi) is 4.81. The fraction of sp³-hybridized carbons (Fsp3) is 0.647. The highest BCUT2D eigenvalue weighted by Crippen LogP contribution is 2.32. The van der Waals surface area contributed by atoms with Crippen molar-refractivity contribution in [3.63, 3.8) is 0 Å². The van der Waals surface area contributed by atoms with E-state index in [0.717, 1.165) is 32.2 Å². The van der Waals surface area contributed by atoms with E-state index >= 15 is 0 Å². The zero-order valence-electron chi connectivity index (χ0n) is 13.1. The molecule has 0 bridgehead atoms. The molecule has 2 aliphatic rings. The van der Waals surface area contributed by atoms with Gasteiger partial charge in [0.1, 0.15) is 0 Å². The average Bonchev–Trinajstić information content (AvgIpc) is 3.25. The summed E-state index contributed by atoms with van der Waals surface area (Å²) >= 11 is 1.69. The lowest BCUT2D eigenvalue weighted by Crippen LogP contribution is -2.46. The van der Waals surface area contributed by atoms with Crippen molar-refractivity contribution in [2.45, 2.75) is 38.5 Å². The number of rotatable bonds is 5. The molecule has 5 heteroatoms. The van der Waals surface area contributed by atoms with Crippen LogP contribution in [0.5, 0.6) is 0 Å². The molecule has 2 amide bonds. The zero-order valence-corrected chi connectivity index (χ0v) is 13.9. The lowest BCUT2D eigenvalue weighted by molar-refractivity contribution is -0.136. The molecule has 2 fully saturated rings. The molecule has 1 aliphatic carbocycles. The molecule has 1 aromatic heterocycles. The average molecular weight is 320 g/mol. The molecular weight excluding hydrogens is 296 g/mol. The Balaban J connectivity index is 1.48. The van der Waals surface area contributed by atoms with Gasteiger partial charge in [-0.25, -0.2) is 0 Å². The zero-order chi connectivity index (χ0) is 15.5. The highest BCUT2D eigenvalue weighted by atomic mass is 32.1. The van der Waals surface area contributed by atoms with Crippen molar-refractivity contribution >= 4 is 23.2 Å². The number of amides is 2. The van der Waals surface area contributed by atoms with Crippen LogP contribution in [0.4, 0.5) is 0 Å². The molecule has 22 heavy (non-hydrogen) atoms. The number of thiophene rings is 1. The molecule has 3 rings (SSSR count). The third-order valence-corrected chi connectivity index (χ3v) is 5.43. The highest BCUT2D eigenvalue weighted by Gasteiger charge is 2.36. The van der Waals surface area contributed by atoms with Gasteiger partial charge in [-0.15, -0.1) is 0 Å². The van der Waals surface area contributed by atoms with Crippen LogP contribution in [0.2, 0.25) is 0 Å². The van der Waals surface area contributed by atoms with Gasteiger partial charge in [0, 0.05) is 25.6 Å². The van der Waals surface area contributed by atoms with E-state index in [1.807, 2.05) is 4.90 Å². The summed E-state index contributed by atoms with van der Waals surface area (Å²) in [6, 6.07) is 2.11. The van der Waals surface area contributed by atoms with Crippen molar-refractivity contribution < 1.29 is 9.59 Å². The van der Waals surface area contributed by atoms with Gasteiger partial charge in [0.25, 0.3) is 0 Å². The van der Waals surface area contributed by atoms with E-state index < -0.39 is 0 Å². The molecule has 1 saturated carbocycles. The van der Waals surface area contributed by atoms with Crippen molar-refractivity contribution in [1.82, 2.24) is 10.2 Å². The minimum Gasteiger partial charge on any atom is -0.355 e. The van der Waals surface area contributed by atoms with E-state index in [1.54, 1.807) is 11.3 Å². The summed E-state index contributed by atoms with van der Waals surface area (Å²) in [5, 5.41) is 7.27. The molecule has 0 spiro atoms. The summed E-state index contributed by atoms with van der Waals surface area (Å²) in [6.07, 6.45) is 3.90. The first kappa shape index (κ1) is 15.5. The van der Waals surface area contributed by atoms with Gasteiger partial charge in [-0.3, -0.25) is 9.59 Å². The minimum atomic E-state index is -0.0360. The summed E-state index contributed by atoms with van der Waals surface area (Å²) in [7, 11) is 0. The molecule has 2 atom stereocenters. The number of hydrogen-bond donors (Lipinski definition) is 1. The van der Waals surface area contributed by atoms with Gasteiger partial charge in [0.05, 0.1) is 5.92 Å². The monoisotopic (exact) mass is 320 g/mol. The van der Waals surface area contributed by atoms with Crippen LogP contribution >= 0.6 is 11.3 Å². The number of carbonyl (C=O) groups is 2. The van der Waals surface area contributed by atoms with Gasteiger partial charge in [0.2, 0.25) is 11.8 Å². The van der Waals surface area contributed by atoms with Gasteiger partial charge in [-0.05, 0) is 54.0 Å². The molecule has 2 heterocycles. The largest absolute Gasteiger partial charge is 0.355 e. The Hall–Kier alpha value is -1.36. The van der Waals surface area contributed by atoms with Crippen LogP contribution in [0.15, 0.2) is 16.8 Å². The van der Waals surface area contributed by atoms with E-state index in [0.29, 0.717) is 19.0 Å². The molecule has 0 radical (unpaired) electrons. The van der Waals surface area contributed by atoms with Crippen molar-refractivity contribution in [1.29, 1.82) is 0 Å². The Morgan fingerprint density at radius 3 is 2.86 bits per heavy atom. The maximum atomic E-state index is 12.4. The number of carbonyl (C=O) groups excluding carboxylic acids is 2. The van der Waals surface area contributed by atoms with Crippen molar-refractivity contribution in [3.8, 4) is 0 Å². The Labute approximate surface area is 135 Å². The topological polar surface area (TPSA) is 49.4 Å². The quantitative estimate of drug-likeness (QED) is 0.906. The first-order chi connectivity index (χ1) is 10.6. The molecular formula is C17H24N2O2S. The highest BCUT2D eigenvalue weighted by molar-refractivity contribution is 7.07. The number of nitrogens with one attached hydrogen (secondary N) is 1. The molecule has 0 aromatic carbocycles. The van der Waals surface area contributed by atoms with Crippen LogP contribution in [-0.2, 0) is 9.59 Å². The second-order valence-corrected chi connectivity index (χ2v) is 7.38. The first-order valence-electron chi connectivity index (χ1n) is 8.23. The molecule has 1 N–H and O–H groups in total. The Morgan fingerprint density at radius 2 is 2.18 bits per heavy atom. The lowest BCUT2D eigenvalue weighted by atomic mass is 9.96. The van der Waals surface area contributed by atoms with Gasteiger partial charge in [0.15, 0.2) is 0 Å². The van der Waals surface area contributed by atoms with Gasteiger partial charge < -0.3 is 10.2 Å². The van der Waals surface area contributed by atoms with Gasteiger partial charge in [-0.2, -0.15) is 11.3 Å². The SMILES string of the molecule is CC(CNC(=O)C1CCCN(C(=O)C2CC2)C1)c1ccsc1. The Bertz CT molecular complexity index is 525. The van der Waals surface area contributed by atoms with E-state index in [9.17, 15) is 9.59 Å². The predicted molar refractivity (Wildman–Crippen MR) is 87.8 cm³/mol. The van der Waals surface area contributed by atoms with Gasteiger partial charge >= 0.3 is 0 Å². The minimum absolute atomic E-state index is 0.0360. The number of likely N-dealkylation sites (tertiary alicyclic amines) is 1. The lowest BCUT2D eigenvalue weighted by Gasteiger charge is -2.32. The maximum Gasteiger partial charge on any atom is 0.225 e. The number of piperidine rings is 1. The molecule has 2 unspecified atom stereocenters. The third-order valence-electron chi connectivity index (χ3n) is 4.73. The second-order valence-electron chi connectivity index (χ2n) is 6.60. The normalized spacial score (nSPS) is 23.1. The van der Waals surface area contributed by atoms with Crippen LogP contribution < -0.4 is 5.32 Å². The number of nitrogens with zero attached hydrogens (tertiary/aromatic N) is 1. The second kappa shape index (κ2) is 6.82. The van der Waals surface area contributed by atoms with Crippen LogP contribution in [0, 0.1) is 11.8 Å². The molecule has 4 nitrogen and oxygen atoms in total. The smallest absolute Gasteiger partial charge is 0.225 e.